The van der Waals surface area contributed by atoms with Crippen LogP contribution in [0.4, 0.5) is 0 Å². The predicted octanol–water partition coefficient (Wildman–Crippen LogP) is 3.95. The monoisotopic (exact) mass is 387 g/mol. The van der Waals surface area contributed by atoms with Crippen LogP contribution in [0.5, 0.6) is 0 Å². The molecule has 0 radical (unpaired) electrons. The number of fused-ring (bicyclic) bond motifs is 1. The number of nitrogens with zero attached hydrogens (tertiary/aromatic N) is 2. The first kappa shape index (κ1) is 19.6. The van der Waals surface area contributed by atoms with E-state index in [0.29, 0.717) is 12.6 Å². The van der Waals surface area contributed by atoms with Gasteiger partial charge in [0, 0.05) is 44.3 Å². The average molecular weight is 388 g/mol. The molecule has 4 heteroatoms. The highest BCUT2D eigenvalue weighted by Crippen LogP contribution is 2.24. The highest BCUT2D eigenvalue weighted by molar-refractivity contribution is 5.98. The van der Waals surface area contributed by atoms with E-state index in [1.807, 2.05) is 36.4 Å². The van der Waals surface area contributed by atoms with Crippen molar-refractivity contribution in [1.29, 1.82) is 0 Å². The number of hydrogen-bond acceptors (Lipinski definition) is 3. The molecule has 0 aliphatic carbocycles. The summed E-state index contributed by atoms with van der Waals surface area (Å²) in [6, 6.07) is 25.2. The number of rotatable bonds is 6. The predicted molar refractivity (Wildman–Crippen MR) is 119 cm³/mol. The number of nitrogens with one attached hydrogen (secondary N) is 1. The van der Waals surface area contributed by atoms with E-state index in [0.717, 1.165) is 48.9 Å². The van der Waals surface area contributed by atoms with Crippen LogP contribution < -0.4 is 5.32 Å². The van der Waals surface area contributed by atoms with Crippen LogP contribution in [0.2, 0.25) is 0 Å². The maximum Gasteiger partial charge on any atom is 0.251 e. The van der Waals surface area contributed by atoms with E-state index in [-0.39, 0.29) is 5.91 Å². The molecule has 1 heterocycles. The van der Waals surface area contributed by atoms with E-state index in [2.05, 4.69) is 58.6 Å². The molecule has 4 rings (SSSR count). The van der Waals surface area contributed by atoms with Gasteiger partial charge in [0.2, 0.25) is 0 Å². The minimum Gasteiger partial charge on any atom is -0.352 e. The van der Waals surface area contributed by atoms with Crippen molar-refractivity contribution in [3.63, 3.8) is 0 Å². The summed E-state index contributed by atoms with van der Waals surface area (Å²) in [5.74, 6) is 0.00809. The molecule has 0 saturated carbocycles. The van der Waals surface area contributed by atoms with Gasteiger partial charge in [0.1, 0.15) is 0 Å². The van der Waals surface area contributed by atoms with Gasteiger partial charge >= 0.3 is 0 Å². The van der Waals surface area contributed by atoms with Crippen molar-refractivity contribution in [1.82, 2.24) is 15.1 Å². The summed E-state index contributed by atoms with van der Waals surface area (Å²) in [5, 5.41) is 5.35. The highest BCUT2D eigenvalue weighted by Gasteiger charge is 2.25. The van der Waals surface area contributed by atoms with Gasteiger partial charge in [-0.05, 0) is 41.9 Å². The highest BCUT2D eigenvalue weighted by atomic mass is 16.1. The van der Waals surface area contributed by atoms with E-state index in [1.165, 1.54) is 5.56 Å². The van der Waals surface area contributed by atoms with Crippen molar-refractivity contribution in [3.8, 4) is 0 Å². The van der Waals surface area contributed by atoms with Gasteiger partial charge < -0.3 is 10.2 Å². The normalized spacial score (nSPS) is 18.0. The van der Waals surface area contributed by atoms with Crippen molar-refractivity contribution in [2.45, 2.75) is 12.5 Å². The second-order valence-corrected chi connectivity index (χ2v) is 7.90. The van der Waals surface area contributed by atoms with Crippen molar-refractivity contribution in [2.75, 3.05) is 39.8 Å². The van der Waals surface area contributed by atoms with E-state index in [9.17, 15) is 4.79 Å². The Morgan fingerprint density at radius 1 is 0.966 bits per heavy atom. The SMILES string of the molecule is CN1CCN(CCCNC(=O)c2ccc3ccccc3c2)C(c2ccccc2)C1. The molecule has 1 N–H and O–H groups in total. The molecule has 0 aromatic heterocycles. The molecule has 0 bridgehead atoms. The van der Waals surface area contributed by atoms with E-state index in [1.54, 1.807) is 0 Å². The Balaban J connectivity index is 1.31. The van der Waals surface area contributed by atoms with Gasteiger partial charge in [-0.25, -0.2) is 0 Å². The summed E-state index contributed by atoms with van der Waals surface area (Å²) in [7, 11) is 2.19. The van der Waals surface area contributed by atoms with Crippen molar-refractivity contribution < 1.29 is 4.79 Å². The van der Waals surface area contributed by atoms with Gasteiger partial charge in [-0.15, -0.1) is 0 Å². The van der Waals surface area contributed by atoms with Crippen LogP contribution in [0.25, 0.3) is 10.8 Å². The lowest BCUT2D eigenvalue weighted by molar-refractivity contribution is 0.0866. The largest absolute Gasteiger partial charge is 0.352 e. The third-order valence-electron chi connectivity index (χ3n) is 5.80. The molecule has 1 aliphatic heterocycles. The molecule has 1 saturated heterocycles. The number of carbonyl (C=O) groups excluding carboxylic acids is 1. The van der Waals surface area contributed by atoms with Gasteiger partial charge in [-0.1, -0.05) is 60.7 Å². The standard InChI is InChI=1S/C25H29N3O/c1-27-16-17-28(24(19-27)21-9-3-2-4-10-21)15-7-14-26-25(29)23-13-12-20-8-5-6-11-22(20)18-23/h2-6,8-13,18,24H,7,14-17,19H2,1H3,(H,26,29). The minimum atomic E-state index is 0.00809. The first-order valence-electron chi connectivity index (χ1n) is 10.5. The van der Waals surface area contributed by atoms with E-state index < -0.39 is 0 Å². The first-order valence-corrected chi connectivity index (χ1v) is 10.5. The van der Waals surface area contributed by atoms with Crippen molar-refractivity contribution in [2.24, 2.45) is 0 Å². The second-order valence-electron chi connectivity index (χ2n) is 7.90. The zero-order chi connectivity index (χ0) is 20.1. The smallest absolute Gasteiger partial charge is 0.251 e. The maximum atomic E-state index is 12.5. The van der Waals surface area contributed by atoms with Crippen LogP contribution in [0, 0.1) is 0 Å². The number of piperazine rings is 1. The lowest BCUT2D eigenvalue weighted by Gasteiger charge is -2.40. The Hall–Kier alpha value is -2.69. The van der Waals surface area contributed by atoms with Gasteiger partial charge in [0.05, 0.1) is 0 Å². The zero-order valence-electron chi connectivity index (χ0n) is 17.1. The Bertz CT molecular complexity index is 956. The summed E-state index contributed by atoms with van der Waals surface area (Å²) in [6.45, 7) is 4.89. The summed E-state index contributed by atoms with van der Waals surface area (Å²) < 4.78 is 0. The number of hydrogen-bond donors (Lipinski definition) is 1. The van der Waals surface area contributed by atoms with Crippen LogP contribution >= 0.6 is 0 Å². The Morgan fingerprint density at radius 3 is 2.55 bits per heavy atom. The van der Waals surface area contributed by atoms with Crippen molar-refractivity contribution >= 4 is 16.7 Å². The van der Waals surface area contributed by atoms with Crippen LogP contribution in [-0.4, -0.2) is 55.5 Å². The number of benzene rings is 3. The number of likely N-dealkylation sites (N-methyl/N-ethyl adjacent to an activating group) is 1. The fourth-order valence-electron chi connectivity index (χ4n) is 4.13. The average Bonchev–Trinajstić information content (AvgIpc) is 2.77. The summed E-state index contributed by atoms with van der Waals surface area (Å²) >= 11 is 0. The van der Waals surface area contributed by atoms with Gasteiger partial charge in [-0.2, -0.15) is 0 Å². The molecule has 4 nitrogen and oxygen atoms in total. The molecule has 1 amide bonds. The van der Waals surface area contributed by atoms with Crippen molar-refractivity contribution in [3.05, 3.63) is 83.9 Å². The van der Waals surface area contributed by atoms with E-state index in [4.69, 9.17) is 0 Å². The molecule has 150 valence electrons. The zero-order valence-corrected chi connectivity index (χ0v) is 17.1. The maximum absolute atomic E-state index is 12.5. The Morgan fingerprint density at radius 2 is 1.72 bits per heavy atom. The first-order chi connectivity index (χ1) is 14.2. The van der Waals surface area contributed by atoms with Crippen LogP contribution in [-0.2, 0) is 0 Å². The fourth-order valence-corrected chi connectivity index (χ4v) is 4.13. The third kappa shape index (κ3) is 4.84. The molecule has 0 spiro atoms. The molecular weight excluding hydrogens is 358 g/mol. The molecule has 29 heavy (non-hydrogen) atoms. The summed E-state index contributed by atoms with van der Waals surface area (Å²) in [4.78, 5) is 17.5. The lowest BCUT2D eigenvalue weighted by atomic mass is 10.0. The summed E-state index contributed by atoms with van der Waals surface area (Å²) in [6.07, 6.45) is 0.951. The van der Waals surface area contributed by atoms with Crippen LogP contribution in [0.1, 0.15) is 28.4 Å². The van der Waals surface area contributed by atoms with Gasteiger partial charge in [0.15, 0.2) is 0 Å². The molecular formula is C25H29N3O. The summed E-state index contributed by atoms with van der Waals surface area (Å²) in [5.41, 5.74) is 2.10. The van der Waals surface area contributed by atoms with Crippen LogP contribution in [0.15, 0.2) is 72.8 Å². The molecule has 1 aliphatic rings. The number of carbonyl (C=O) groups is 1. The molecule has 3 aromatic carbocycles. The minimum absolute atomic E-state index is 0.00809. The molecule has 1 fully saturated rings. The molecule has 1 atom stereocenters. The third-order valence-corrected chi connectivity index (χ3v) is 5.80. The quantitative estimate of drug-likeness (QED) is 0.651. The second kappa shape index (κ2) is 9.21. The Labute approximate surface area is 173 Å². The van der Waals surface area contributed by atoms with Crippen LogP contribution in [0.3, 0.4) is 0 Å². The number of amides is 1. The lowest BCUT2D eigenvalue weighted by Crippen LogP contribution is -2.47. The molecule has 1 unspecified atom stereocenters. The van der Waals surface area contributed by atoms with Gasteiger partial charge in [0.25, 0.3) is 5.91 Å². The van der Waals surface area contributed by atoms with E-state index >= 15 is 0 Å². The van der Waals surface area contributed by atoms with Gasteiger partial charge in [-0.3, -0.25) is 9.69 Å². The molecule has 3 aromatic rings. The fraction of sp³-hybridized carbons (Fsp3) is 0.320. The Kier molecular flexibility index (Phi) is 6.23. The topological polar surface area (TPSA) is 35.6 Å².